The van der Waals surface area contributed by atoms with Crippen molar-refractivity contribution in [1.29, 1.82) is 0 Å². The quantitative estimate of drug-likeness (QED) is 0.864. The number of carbonyl (C=O) groups excluding carboxylic acids is 1. The van der Waals surface area contributed by atoms with Crippen LogP contribution in [0.2, 0.25) is 5.02 Å². The molecule has 1 heterocycles. The Morgan fingerprint density at radius 3 is 2.87 bits per heavy atom. The minimum Gasteiger partial charge on any atom is -0.360 e. The van der Waals surface area contributed by atoms with Gasteiger partial charge in [-0.15, -0.1) is 0 Å². The highest BCUT2D eigenvalue weighted by molar-refractivity contribution is 6.30. The summed E-state index contributed by atoms with van der Waals surface area (Å²) in [5, 5.41) is 7.44. The highest BCUT2D eigenvalue weighted by Gasteiger charge is 2.34. The SMILES string of the molecule is CC(C)(C)[C@H]1CCc2onc(C(=O)Nc3cccc(Cl)c3)c2C1. The minimum absolute atomic E-state index is 0.204. The molecule has 0 bridgehead atoms. The molecule has 122 valence electrons. The van der Waals surface area contributed by atoms with Crippen LogP contribution in [-0.4, -0.2) is 11.1 Å². The number of hydrogen-bond donors (Lipinski definition) is 1. The Morgan fingerprint density at radius 2 is 2.17 bits per heavy atom. The Bertz CT molecular complexity index is 731. The van der Waals surface area contributed by atoms with Crippen LogP contribution in [0.3, 0.4) is 0 Å². The van der Waals surface area contributed by atoms with Gasteiger partial charge in [-0.3, -0.25) is 4.79 Å². The van der Waals surface area contributed by atoms with Crippen molar-refractivity contribution in [2.75, 3.05) is 5.32 Å². The van der Waals surface area contributed by atoms with Crippen molar-refractivity contribution in [1.82, 2.24) is 5.16 Å². The third-order valence-electron chi connectivity index (χ3n) is 4.56. The number of nitrogens with one attached hydrogen (secondary N) is 1. The molecule has 1 aliphatic rings. The molecule has 0 spiro atoms. The molecule has 1 aromatic heterocycles. The molecule has 4 nitrogen and oxygen atoms in total. The monoisotopic (exact) mass is 332 g/mol. The van der Waals surface area contributed by atoms with E-state index in [4.69, 9.17) is 16.1 Å². The molecule has 1 N–H and O–H groups in total. The normalized spacial score (nSPS) is 17.7. The van der Waals surface area contributed by atoms with E-state index < -0.39 is 0 Å². The van der Waals surface area contributed by atoms with Gasteiger partial charge in [0.15, 0.2) is 5.69 Å². The maximum Gasteiger partial charge on any atom is 0.278 e. The van der Waals surface area contributed by atoms with Gasteiger partial charge in [-0.25, -0.2) is 0 Å². The topological polar surface area (TPSA) is 55.1 Å². The maximum absolute atomic E-state index is 12.5. The number of fused-ring (bicyclic) bond motifs is 1. The minimum atomic E-state index is -0.244. The molecule has 5 heteroatoms. The first-order valence-corrected chi connectivity index (χ1v) is 8.27. The van der Waals surface area contributed by atoms with E-state index in [0.717, 1.165) is 30.6 Å². The van der Waals surface area contributed by atoms with Gasteiger partial charge in [-0.1, -0.05) is 43.6 Å². The fourth-order valence-corrected chi connectivity index (χ4v) is 3.27. The molecule has 0 saturated heterocycles. The Balaban J connectivity index is 1.82. The zero-order valence-corrected chi connectivity index (χ0v) is 14.4. The van der Waals surface area contributed by atoms with Gasteiger partial charge in [0.2, 0.25) is 0 Å². The first-order chi connectivity index (χ1) is 10.8. The third kappa shape index (κ3) is 3.42. The van der Waals surface area contributed by atoms with Crippen molar-refractivity contribution in [3.63, 3.8) is 0 Å². The summed E-state index contributed by atoms with van der Waals surface area (Å²) in [5.41, 5.74) is 2.21. The fraction of sp³-hybridized carbons (Fsp3) is 0.444. The highest BCUT2D eigenvalue weighted by Crippen LogP contribution is 2.38. The second-order valence-corrected chi connectivity index (χ2v) is 7.64. The molecule has 23 heavy (non-hydrogen) atoms. The van der Waals surface area contributed by atoms with Crippen molar-refractivity contribution in [2.24, 2.45) is 11.3 Å². The Kier molecular flexibility index (Phi) is 4.19. The molecule has 1 aromatic carbocycles. The van der Waals surface area contributed by atoms with Gasteiger partial charge in [0, 0.05) is 22.7 Å². The average Bonchev–Trinajstić information content (AvgIpc) is 2.89. The summed E-state index contributed by atoms with van der Waals surface area (Å²) < 4.78 is 5.39. The smallest absolute Gasteiger partial charge is 0.278 e. The lowest BCUT2D eigenvalue weighted by Crippen LogP contribution is -2.27. The van der Waals surface area contributed by atoms with E-state index in [2.05, 4.69) is 31.2 Å². The molecular weight excluding hydrogens is 312 g/mol. The predicted octanol–water partition coefficient (Wildman–Crippen LogP) is 4.73. The number of aryl methyl sites for hydroxylation is 1. The van der Waals surface area contributed by atoms with E-state index >= 15 is 0 Å². The van der Waals surface area contributed by atoms with Gasteiger partial charge in [0.1, 0.15) is 5.76 Å². The van der Waals surface area contributed by atoms with Gasteiger partial charge < -0.3 is 9.84 Å². The number of benzene rings is 1. The third-order valence-corrected chi connectivity index (χ3v) is 4.80. The molecule has 2 aromatic rings. The van der Waals surface area contributed by atoms with Gasteiger partial charge in [-0.2, -0.15) is 0 Å². The van der Waals surface area contributed by atoms with Crippen molar-refractivity contribution in [2.45, 2.75) is 40.0 Å². The van der Waals surface area contributed by atoms with Crippen LogP contribution in [0.15, 0.2) is 28.8 Å². The summed E-state index contributed by atoms with van der Waals surface area (Å²) in [4.78, 5) is 12.5. The van der Waals surface area contributed by atoms with Gasteiger partial charge >= 0.3 is 0 Å². The van der Waals surface area contributed by atoms with Crippen LogP contribution in [0, 0.1) is 11.3 Å². The van der Waals surface area contributed by atoms with Gasteiger partial charge in [-0.05, 0) is 42.4 Å². The van der Waals surface area contributed by atoms with Crippen LogP contribution in [0.4, 0.5) is 5.69 Å². The van der Waals surface area contributed by atoms with Crippen LogP contribution < -0.4 is 5.32 Å². The van der Waals surface area contributed by atoms with Crippen LogP contribution in [0.25, 0.3) is 0 Å². The zero-order valence-electron chi connectivity index (χ0n) is 13.6. The number of aromatic nitrogens is 1. The summed E-state index contributed by atoms with van der Waals surface area (Å²) >= 11 is 5.95. The van der Waals surface area contributed by atoms with E-state index in [1.54, 1.807) is 24.3 Å². The summed E-state index contributed by atoms with van der Waals surface area (Å²) in [5.74, 6) is 1.13. The van der Waals surface area contributed by atoms with Crippen LogP contribution in [0.5, 0.6) is 0 Å². The first-order valence-electron chi connectivity index (χ1n) is 7.89. The number of halogens is 1. The van der Waals surface area contributed by atoms with E-state index in [0.29, 0.717) is 22.3 Å². The van der Waals surface area contributed by atoms with E-state index in [1.807, 2.05) is 0 Å². The molecule has 0 radical (unpaired) electrons. The maximum atomic E-state index is 12.5. The predicted molar refractivity (Wildman–Crippen MR) is 90.9 cm³/mol. The lowest BCUT2D eigenvalue weighted by Gasteiger charge is -2.33. The number of nitrogens with zero attached hydrogens (tertiary/aromatic N) is 1. The standard InChI is InChI=1S/C18H21ClN2O2/c1-18(2,3)11-7-8-15-14(9-11)16(21-23-15)17(22)20-13-6-4-5-12(19)10-13/h4-6,10-11H,7-9H2,1-3H3,(H,20,22)/t11-/m0/s1. The van der Waals surface area contributed by atoms with Crippen LogP contribution in [-0.2, 0) is 12.8 Å². The number of anilines is 1. The molecule has 3 rings (SSSR count). The number of rotatable bonds is 2. The van der Waals surface area contributed by atoms with E-state index in [1.165, 1.54) is 0 Å². The average molecular weight is 333 g/mol. The molecule has 1 amide bonds. The second kappa shape index (κ2) is 6.00. The molecule has 1 atom stereocenters. The molecule has 0 saturated carbocycles. The number of amides is 1. The largest absolute Gasteiger partial charge is 0.360 e. The Labute approximate surface area is 141 Å². The summed E-state index contributed by atoms with van der Waals surface area (Å²) in [6.07, 6.45) is 2.75. The summed E-state index contributed by atoms with van der Waals surface area (Å²) in [6, 6.07) is 7.08. The number of hydrogen-bond acceptors (Lipinski definition) is 3. The lowest BCUT2D eigenvalue weighted by atomic mass is 9.71. The summed E-state index contributed by atoms with van der Waals surface area (Å²) in [6.45, 7) is 6.71. The number of carbonyl (C=O) groups is 1. The second-order valence-electron chi connectivity index (χ2n) is 7.20. The Morgan fingerprint density at radius 1 is 1.39 bits per heavy atom. The van der Waals surface area contributed by atoms with Crippen molar-refractivity contribution in [3.05, 3.63) is 46.3 Å². The van der Waals surface area contributed by atoms with E-state index in [-0.39, 0.29) is 11.3 Å². The lowest BCUT2D eigenvalue weighted by molar-refractivity contribution is 0.101. The first kappa shape index (κ1) is 16.1. The van der Waals surface area contributed by atoms with Crippen molar-refractivity contribution in [3.8, 4) is 0 Å². The summed E-state index contributed by atoms with van der Waals surface area (Å²) in [7, 11) is 0. The van der Waals surface area contributed by atoms with Crippen LogP contribution in [0.1, 0.15) is 49.0 Å². The molecular formula is C18H21ClN2O2. The van der Waals surface area contributed by atoms with Gasteiger partial charge in [0.05, 0.1) is 0 Å². The van der Waals surface area contributed by atoms with Crippen molar-refractivity contribution < 1.29 is 9.32 Å². The van der Waals surface area contributed by atoms with Gasteiger partial charge in [0.25, 0.3) is 5.91 Å². The van der Waals surface area contributed by atoms with Crippen LogP contribution >= 0.6 is 11.6 Å². The Hall–Kier alpha value is -1.81. The highest BCUT2D eigenvalue weighted by atomic mass is 35.5. The molecule has 1 aliphatic carbocycles. The molecule has 0 aliphatic heterocycles. The van der Waals surface area contributed by atoms with Crippen molar-refractivity contribution >= 4 is 23.2 Å². The molecule has 0 fully saturated rings. The molecule has 0 unspecified atom stereocenters. The fourth-order valence-electron chi connectivity index (χ4n) is 3.08. The van der Waals surface area contributed by atoms with E-state index in [9.17, 15) is 4.79 Å². The zero-order chi connectivity index (χ0) is 16.6.